The molecule has 6 rings (SSSR count). The molecule has 0 bridgehead atoms. The lowest BCUT2D eigenvalue weighted by Gasteiger charge is -2.70. The maximum absolute atomic E-state index is 13.6. The Morgan fingerprint density at radius 3 is 2.39 bits per heavy atom. The molecule has 4 fully saturated rings. The molecule has 0 N–H and O–H groups in total. The summed E-state index contributed by atoms with van der Waals surface area (Å²) in [7, 11) is 0. The molecule has 6 heteroatoms. The summed E-state index contributed by atoms with van der Waals surface area (Å²) in [6.07, 6.45) is 21.0. The van der Waals surface area contributed by atoms with Gasteiger partial charge < -0.3 is 14.4 Å². The summed E-state index contributed by atoms with van der Waals surface area (Å²) in [6, 6.07) is 0. The Kier molecular flexibility index (Phi) is 7.38. The first-order valence-electron chi connectivity index (χ1n) is 16.7. The van der Waals surface area contributed by atoms with E-state index < -0.39 is 11.5 Å². The number of nitrogens with zero attached hydrogens (tertiary/aromatic N) is 1. The number of ether oxygens (including phenoxy) is 2. The standard InChI is InChI=1S/C38H49NO5/c1-8-22-43-32(41)35(4)15-14-34(3)16-18-37(6)29-13-12-26-25(2)31(44-33(42)39-20-10-9-11-21-39)28(40)23-27(26)36(29,5)17-19-38(37,7)30(34)24-35/h1,12-13,23,30H,9-11,14-22,24H2,2-7H3/t30-,34-,35-,36+,37-,38+/m1/s1. The molecule has 0 aromatic carbocycles. The number of fused-ring (bicyclic) bond motifs is 7. The molecular formula is C38H49NO5. The zero-order chi connectivity index (χ0) is 31.7. The summed E-state index contributed by atoms with van der Waals surface area (Å²) in [5.41, 5.74) is 3.40. The molecule has 1 amide bonds. The van der Waals surface area contributed by atoms with Gasteiger partial charge in [0.05, 0.1) is 5.41 Å². The van der Waals surface area contributed by atoms with Gasteiger partial charge in [0.2, 0.25) is 5.78 Å². The van der Waals surface area contributed by atoms with Gasteiger partial charge in [-0.15, -0.1) is 6.42 Å². The van der Waals surface area contributed by atoms with Crippen molar-refractivity contribution in [2.24, 2.45) is 33.0 Å². The molecule has 6 atom stereocenters. The van der Waals surface area contributed by atoms with Crippen molar-refractivity contribution in [1.82, 2.24) is 4.90 Å². The minimum absolute atomic E-state index is 0.0200. The van der Waals surface area contributed by atoms with Gasteiger partial charge in [0.25, 0.3) is 0 Å². The zero-order valence-corrected chi connectivity index (χ0v) is 27.6. The van der Waals surface area contributed by atoms with Crippen molar-refractivity contribution in [1.29, 1.82) is 0 Å². The third-order valence-electron chi connectivity index (χ3n) is 13.4. The number of esters is 1. The smallest absolute Gasteiger partial charge is 0.415 e. The Balaban J connectivity index is 1.34. The minimum atomic E-state index is -0.542. The number of hydrogen-bond donors (Lipinski definition) is 0. The summed E-state index contributed by atoms with van der Waals surface area (Å²) in [6.45, 7) is 15.0. The van der Waals surface area contributed by atoms with Crippen molar-refractivity contribution in [2.45, 2.75) is 106 Å². The van der Waals surface area contributed by atoms with Gasteiger partial charge in [-0.3, -0.25) is 9.59 Å². The van der Waals surface area contributed by atoms with Crippen molar-refractivity contribution in [3.8, 4) is 12.3 Å². The van der Waals surface area contributed by atoms with Crippen LogP contribution in [-0.2, 0) is 19.1 Å². The zero-order valence-electron chi connectivity index (χ0n) is 27.6. The first-order valence-corrected chi connectivity index (χ1v) is 16.7. The number of piperidine rings is 1. The van der Waals surface area contributed by atoms with Gasteiger partial charge in [0.1, 0.15) is 0 Å². The lowest BCUT2D eigenvalue weighted by Crippen LogP contribution is -2.62. The van der Waals surface area contributed by atoms with Crippen LogP contribution in [0.5, 0.6) is 0 Å². The van der Waals surface area contributed by atoms with E-state index in [1.165, 1.54) is 5.57 Å². The lowest BCUT2D eigenvalue weighted by molar-refractivity contribution is -0.181. The highest BCUT2D eigenvalue weighted by atomic mass is 16.6. The van der Waals surface area contributed by atoms with Crippen LogP contribution < -0.4 is 0 Å². The number of ketones is 1. The quantitative estimate of drug-likeness (QED) is 0.244. The van der Waals surface area contributed by atoms with E-state index >= 15 is 0 Å². The van der Waals surface area contributed by atoms with E-state index in [-0.39, 0.29) is 45.8 Å². The number of hydrogen-bond acceptors (Lipinski definition) is 5. The predicted octanol–water partition coefficient (Wildman–Crippen LogP) is 7.85. The van der Waals surface area contributed by atoms with Crippen molar-refractivity contribution in [2.75, 3.05) is 19.7 Å². The highest BCUT2D eigenvalue weighted by molar-refractivity contribution is 6.08. The first kappa shape index (κ1) is 30.9. The second kappa shape index (κ2) is 10.5. The molecule has 236 valence electrons. The van der Waals surface area contributed by atoms with E-state index in [1.54, 1.807) is 11.0 Å². The molecule has 1 aliphatic heterocycles. The van der Waals surface area contributed by atoms with Crippen LogP contribution in [0.25, 0.3) is 0 Å². The van der Waals surface area contributed by atoms with Crippen LogP contribution >= 0.6 is 0 Å². The normalized spacial score (nSPS) is 39.8. The summed E-state index contributed by atoms with van der Waals surface area (Å²) in [5, 5.41) is 0. The van der Waals surface area contributed by atoms with Crippen LogP contribution in [-0.4, -0.2) is 42.4 Å². The van der Waals surface area contributed by atoms with Gasteiger partial charge in [-0.2, -0.15) is 0 Å². The summed E-state index contributed by atoms with van der Waals surface area (Å²) in [4.78, 5) is 41.6. The molecule has 0 unspecified atom stereocenters. The highest BCUT2D eigenvalue weighted by Crippen LogP contribution is 2.75. The number of amides is 1. The van der Waals surface area contributed by atoms with Crippen molar-refractivity contribution < 1.29 is 23.9 Å². The Morgan fingerprint density at radius 1 is 0.977 bits per heavy atom. The van der Waals surface area contributed by atoms with Crippen LogP contribution in [0.3, 0.4) is 0 Å². The molecule has 44 heavy (non-hydrogen) atoms. The highest BCUT2D eigenvalue weighted by Gasteiger charge is 2.67. The van der Waals surface area contributed by atoms with Gasteiger partial charge in [0, 0.05) is 24.1 Å². The number of carbonyl (C=O) groups excluding carboxylic acids is 3. The molecule has 0 aromatic rings. The third-order valence-corrected chi connectivity index (χ3v) is 13.4. The monoisotopic (exact) mass is 599 g/mol. The Labute approximate surface area is 263 Å². The number of terminal acetylenes is 1. The average Bonchev–Trinajstić information content (AvgIpc) is 3.01. The SMILES string of the molecule is C#CCOC(=O)[C@]1(C)CC[C@]2(C)CC[C@]3(C)C4=CC=C5C(=CC(=O)C(OC(=O)N6CCCCC6)=C5C)[C@]4(C)CC[C@@]3(C)[C@@H]2C1. The predicted molar refractivity (Wildman–Crippen MR) is 170 cm³/mol. The fraction of sp³-hybridized carbons (Fsp3) is 0.658. The molecule has 0 spiro atoms. The fourth-order valence-electron chi connectivity index (χ4n) is 10.3. The van der Waals surface area contributed by atoms with Crippen LogP contribution in [0.1, 0.15) is 106 Å². The number of rotatable bonds is 3. The average molecular weight is 600 g/mol. The molecule has 1 heterocycles. The lowest BCUT2D eigenvalue weighted by atomic mass is 9.34. The van der Waals surface area contributed by atoms with Gasteiger partial charge in [-0.05, 0) is 117 Å². The van der Waals surface area contributed by atoms with E-state index in [4.69, 9.17) is 15.9 Å². The van der Waals surface area contributed by atoms with Crippen LogP contribution in [0, 0.1) is 45.3 Å². The largest absolute Gasteiger partial charge is 0.452 e. The molecule has 1 saturated heterocycles. The van der Waals surface area contributed by atoms with Crippen molar-refractivity contribution >= 4 is 17.8 Å². The number of allylic oxidation sites excluding steroid dienone is 7. The van der Waals surface area contributed by atoms with E-state index in [0.29, 0.717) is 19.0 Å². The van der Waals surface area contributed by atoms with Crippen molar-refractivity contribution in [3.05, 3.63) is 46.3 Å². The molecule has 5 aliphatic carbocycles. The van der Waals surface area contributed by atoms with Crippen LogP contribution in [0.15, 0.2) is 46.3 Å². The second-order valence-electron chi connectivity index (χ2n) is 15.8. The van der Waals surface area contributed by atoms with Gasteiger partial charge >= 0.3 is 12.1 Å². The second-order valence-corrected chi connectivity index (χ2v) is 15.8. The topological polar surface area (TPSA) is 72.9 Å². The fourth-order valence-corrected chi connectivity index (χ4v) is 10.3. The molecule has 0 aromatic heterocycles. The van der Waals surface area contributed by atoms with E-state index in [1.807, 2.05) is 6.92 Å². The number of carbonyl (C=O) groups is 3. The molecule has 0 radical (unpaired) electrons. The summed E-state index contributed by atoms with van der Waals surface area (Å²) in [5.74, 6) is 2.59. The summed E-state index contributed by atoms with van der Waals surface area (Å²) < 4.78 is 11.3. The van der Waals surface area contributed by atoms with Gasteiger partial charge in [0.15, 0.2) is 12.4 Å². The van der Waals surface area contributed by atoms with E-state index in [0.717, 1.165) is 80.9 Å². The molecule has 6 aliphatic rings. The molecular weight excluding hydrogens is 550 g/mol. The van der Waals surface area contributed by atoms with Crippen LogP contribution in [0.2, 0.25) is 0 Å². The first-order chi connectivity index (χ1) is 20.7. The van der Waals surface area contributed by atoms with E-state index in [2.05, 4.69) is 52.7 Å². The minimum Gasteiger partial charge on any atom is -0.452 e. The van der Waals surface area contributed by atoms with Crippen molar-refractivity contribution in [3.63, 3.8) is 0 Å². The van der Waals surface area contributed by atoms with Gasteiger partial charge in [-0.25, -0.2) is 4.79 Å². The van der Waals surface area contributed by atoms with Crippen LogP contribution in [0.4, 0.5) is 4.79 Å². The Bertz CT molecular complexity index is 1470. The summed E-state index contributed by atoms with van der Waals surface area (Å²) >= 11 is 0. The number of likely N-dealkylation sites (tertiary alicyclic amines) is 1. The maximum Gasteiger partial charge on any atom is 0.415 e. The third kappa shape index (κ3) is 4.39. The Morgan fingerprint density at radius 2 is 1.68 bits per heavy atom. The van der Waals surface area contributed by atoms with Gasteiger partial charge in [-0.1, -0.05) is 51.3 Å². The molecule has 3 saturated carbocycles. The Hall–Kier alpha value is -3.07. The maximum atomic E-state index is 13.6. The van der Waals surface area contributed by atoms with E-state index in [9.17, 15) is 14.4 Å². The molecule has 6 nitrogen and oxygen atoms in total.